The van der Waals surface area contributed by atoms with Crippen molar-refractivity contribution in [1.82, 2.24) is 9.62 Å². The van der Waals surface area contributed by atoms with Gasteiger partial charge in [-0.3, -0.25) is 4.79 Å². The lowest BCUT2D eigenvalue weighted by molar-refractivity contribution is -0.157. The van der Waals surface area contributed by atoms with Crippen LogP contribution in [0.3, 0.4) is 0 Å². The fourth-order valence-corrected chi connectivity index (χ4v) is 16.5. The molecule has 0 bridgehead atoms. The van der Waals surface area contributed by atoms with Gasteiger partial charge in [-0.2, -0.15) is 0 Å². The molecular weight excluding hydrogens is 691 g/mol. The lowest BCUT2D eigenvalue weighted by atomic mass is 9.64. The Morgan fingerprint density at radius 2 is 1.61 bits per heavy atom. The van der Waals surface area contributed by atoms with Gasteiger partial charge in [0.1, 0.15) is 0 Å². The number of hydrogen-bond donors (Lipinski definition) is 1. The van der Waals surface area contributed by atoms with Crippen LogP contribution in [0.15, 0.2) is 61.2 Å². The lowest BCUT2D eigenvalue weighted by Gasteiger charge is -2.54. The van der Waals surface area contributed by atoms with Crippen LogP contribution in [0, 0.1) is 5.41 Å². The molecule has 0 spiro atoms. The van der Waals surface area contributed by atoms with Gasteiger partial charge in [-0.1, -0.05) is 102 Å². The van der Waals surface area contributed by atoms with E-state index in [9.17, 15) is 8.42 Å². The van der Waals surface area contributed by atoms with Crippen LogP contribution in [0.2, 0.25) is 26.7 Å². The second-order valence-electron chi connectivity index (χ2n) is 15.4. The molecule has 4 rings (SSSR count). The Bertz CT molecular complexity index is 1540. The van der Waals surface area contributed by atoms with Gasteiger partial charge in [-0.25, -0.2) is 13.1 Å². The van der Waals surface area contributed by atoms with Gasteiger partial charge >= 0.3 is 0 Å². The fourth-order valence-electron chi connectivity index (χ4n) is 9.19. The average molecular weight is 750 g/mol. The number of rotatable bonds is 17. The number of likely N-dealkylation sites (tertiary alicyclic amines) is 1. The minimum Gasteiger partial charge on any atom is -0.416 e. The van der Waals surface area contributed by atoms with Crippen molar-refractivity contribution in [3.8, 4) is 0 Å². The molecule has 4 atom stereocenters. The van der Waals surface area contributed by atoms with E-state index in [2.05, 4.69) is 70.7 Å². The number of nitrogens with zero attached hydrogens (tertiary/aromatic N) is 1. The maximum absolute atomic E-state index is 15.5. The van der Waals surface area contributed by atoms with Gasteiger partial charge in [-0.15, -0.1) is 6.58 Å². The molecule has 1 heterocycles. The number of nitrogens with one attached hydrogen (secondary N) is 1. The molecule has 2 aromatic carbocycles. The summed E-state index contributed by atoms with van der Waals surface area (Å²) in [4.78, 5) is 17.6. The Hall–Kier alpha value is -1.68. The lowest BCUT2D eigenvalue weighted by Crippen LogP contribution is -2.58. The van der Waals surface area contributed by atoms with Gasteiger partial charge in [0.15, 0.2) is 8.32 Å². The number of sulfonamides is 1. The first-order valence-electron chi connectivity index (χ1n) is 18.1. The summed E-state index contributed by atoms with van der Waals surface area (Å²) < 4.78 is 35.6. The number of hydrogen-bond acceptors (Lipinski definition) is 4. The second-order valence-corrected chi connectivity index (χ2v) is 24.0. The van der Waals surface area contributed by atoms with Gasteiger partial charge < -0.3 is 9.33 Å². The molecule has 2 aliphatic rings. The zero-order chi connectivity index (χ0) is 36.4. The summed E-state index contributed by atoms with van der Waals surface area (Å²) in [5.41, 5.74) is 2.48. The molecule has 272 valence electrons. The molecule has 1 N–H and O–H groups in total. The van der Waals surface area contributed by atoms with Crippen LogP contribution in [-0.4, -0.2) is 52.0 Å². The Labute approximate surface area is 307 Å². The Kier molecular flexibility index (Phi) is 13.0. The molecule has 10 heteroatoms. The quantitative estimate of drug-likeness (QED) is 0.129. The first-order valence-corrected chi connectivity index (χ1v) is 22.4. The zero-order valence-corrected chi connectivity index (χ0v) is 34.1. The van der Waals surface area contributed by atoms with E-state index >= 15 is 4.79 Å². The van der Waals surface area contributed by atoms with Crippen molar-refractivity contribution in [3.05, 3.63) is 82.4 Å². The van der Waals surface area contributed by atoms with Crippen molar-refractivity contribution in [2.75, 3.05) is 13.7 Å². The van der Waals surface area contributed by atoms with Crippen molar-refractivity contribution in [1.29, 1.82) is 0 Å². The summed E-state index contributed by atoms with van der Waals surface area (Å²) in [5, 5.41) is 1.26. The first-order chi connectivity index (χ1) is 23.0. The maximum Gasteiger partial charge on any atom is 0.229 e. The summed E-state index contributed by atoms with van der Waals surface area (Å²) in [5.74, 6) is -0.0745. The third-order valence-electron chi connectivity index (χ3n) is 11.8. The molecule has 6 nitrogen and oxygen atoms in total. The largest absolute Gasteiger partial charge is 0.416 e. The highest BCUT2D eigenvalue weighted by atomic mass is 35.5. The van der Waals surface area contributed by atoms with E-state index in [0.29, 0.717) is 78.2 Å². The Balaban J connectivity index is 1.90. The third kappa shape index (κ3) is 7.90. The fraction of sp³-hybridized carbons (Fsp3) is 0.615. The Morgan fingerprint density at radius 3 is 2.10 bits per heavy atom. The number of allylic oxidation sites excluding steroid dienone is 1. The van der Waals surface area contributed by atoms with Crippen LogP contribution >= 0.6 is 23.2 Å². The van der Waals surface area contributed by atoms with E-state index in [1.54, 1.807) is 0 Å². The van der Waals surface area contributed by atoms with E-state index in [1.165, 1.54) is 7.05 Å². The van der Waals surface area contributed by atoms with Gasteiger partial charge in [0.2, 0.25) is 15.9 Å². The molecule has 0 aromatic heterocycles. The topological polar surface area (TPSA) is 75.7 Å². The summed E-state index contributed by atoms with van der Waals surface area (Å²) in [6.07, 6.45) is 5.65. The Morgan fingerprint density at radius 1 is 1.00 bits per heavy atom. The number of carbonyl (C=O) groups is 1. The van der Waals surface area contributed by atoms with Crippen LogP contribution < -0.4 is 4.72 Å². The number of amides is 1. The van der Waals surface area contributed by atoms with Crippen LogP contribution in [0.5, 0.6) is 0 Å². The monoisotopic (exact) mass is 748 g/mol. The molecule has 49 heavy (non-hydrogen) atoms. The van der Waals surface area contributed by atoms with Crippen LogP contribution in [0.25, 0.3) is 0 Å². The van der Waals surface area contributed by atoms with Crippen LogP contribution in [0.4, 0.5) is 0 Å². The van der Waals surface area contributed by atoms with Crippen molar-refractivity contribution >= 4 is 47.4 Å². The minimum atomic E-state index is -3.56. The molecular formula is C39H58Cl2N2O4SSi. The van der Waals surface area contributed by atoms with E-state index in [0.717, 1.165) is 11.1 Å². The van der Waals surface area contributed by atoms with E-state index in [-0.39, 0.29) is 23.9 Å². The zero-order valence-electron chi connectivity index (χ0n) is 30.8. The smallest absolute Gasteiger partial charge is 0.229 e. The predicted molar refractivity (Wildman–Crippen MR) is 207 cm³/mol. The van der Waals surface area contributed by atoms with Crippen molar-refractivity contribution in [2.24, 2.45) is 5.41 Å². The van der Waals surface area contributed by atoms with Gasteiger partial charge in [0.25, 0.3) is 0 Å². The molecule has 1 aliphatic heterocycles. The molecule has 1 saturated carbocycles. The maximum atomic E-state index is 15.5. The highest BCUT2D eigenvalue weighted by molar-refractivity contribution is 7.91. The number of benzene rings is 2. The first kappa shape index (κ1) is 40.1. The number of carbonyl (C=O) groups excluding carboxylic acids is 1. The molecule has 0 radical (unpaired) electrons. The normalized spacial score (nSPS) is 23.4. The minimum absolute atomic E-state index is 0.0460. The van der Waals surface area contributed by atoms with Gasteiger partial charge in [-0.05, 0) is 104 Å². The average Bonchev–Trinajstić information content (AvgIpc) is 3.84. The predicted octanol–water partition coefficient (Wildman–Crippen LogP) is 10.4. The van der Waals surface area contributed by atoms with Gasteiger partial charge in [0, 0.05) is 28.6 Å². The summed E-state index contributed by atoms with van der Waals surface area (Å²) in [6.45, 7) is 20.4. The molecule has 2 fully saturated rings. The van der Waals surface area contributed by atoms with Gasteiger partial charge in [0.05, 0.1) is 16.2 Å². The van der Waals surface area contributed by atoms with Crippen molar-refractivity contribution in [2.45, 2.75) is 133 Å². The number of halogens is 2. The third-order valence-corrected chi connectivity index (χ3v) is 20.6. The summed E-state index contributed by atoms with van der Waals surface area (Å²) >= 11 is 13.0. The second kappa shape index (κ2) is 15.9. The van der Waals surface area contributed by atoms with Crippen LogP contribution in [-0.2, 0) is 19.2 Å². The van der Waals surface area contributed by atoms with E-state index in [4.69, 9.17) is 27.6 Å². The number of piperidine rings is 1. The van der Waals surface area contributed by atoms with Crippen LogP contribution in [0.1, 0.15) is 116 Å². The standard InChI is InChI=1S/C39H58Cl2N2O4SSi/c1-10-19-38(22-23-47-49(27(3)4,28(5)6)29(7)8)26-35(31-13-12-14-33(41)24-31)36(30-15-17-32(40)18-16-30)43(37(38)44)34(11-2)25-39(20-21-39)48(45,46)42-9/h10,12-18,24,27-29,34-36,42H,1,11,19-23,25-26H2,2-9H3/t34-,35+,36+,38-/m0/s1. The van der Waals surface area contributed by atoms with Crippen molar-refractivity contribution < 1.29 is 17.6 Å². The highest BCUT2D eigenvalue weighted by Crippen LogP contribution is 2.56. The van der Waals surface area contributed by atoms with E-state index < -0.39 is 28.5 Å². The SMILES string of the molecule is C=CC[C@]1(CCO[Si](C(C)C)(C(C)C)C(C)C)C[C@H](c2cccc(Cl)c2)[C@@H](c2ccc(Cl)cc2)N([C@@H](CC)CC2(S(=O)(=O)NC)CC2)C1=O. The summed E-state index contributed by atoms with van der Waals surface area (Å²) in [6, 6.07) is 15.1. The molecule has 1 amide bonds. The molecule has 1 aliphatic carbocycles. The highest BCUT2D eigenvalue weighted by Gasteiger charge is 2.59. The van der Waals surface area contributed by atoms with E-state index in [1.807, 2.05) is 48.5 Å². The van der Waals surface area contributed by atoms with Crippen molar-refractivity contribution in [3.63, 3.8) is 0 Å². The molecule has 1 saturated heterocycles. The summed E-state index contributed by atoms with van der Waals surface area (Å²) in [7, 11) is -4.27. The molecule has 0 unspecified atom stereocenters. The molecule has 2 aromatic rings.